The minimum Gasteiger partial charge on any atom is -0.510 e. The first kappa shape index (κ1) is 25.7. The van der Waals surface area contributed by atoms with Crippen LogP contribution in [-0.2, 0) is 9.59 Å². The van der Waals surface area contributed by atoms with Gasteiger partial charge in [0.2, 0.25) is 5.78 Å². The molecule has 0 heterocycles. The lowest BCUT2D eigenvalue weighted by Crippen LogP contribution is -2.68. The van der Waals surface area contributed by atoms with E-state index in [1.165, 1.54) is 19.0 Å². The zero-order valence-corrected chi connectivity index (χ0v) is 20.9. The molecule has 5 rings (SSSR count). The fraction of sp³-hybridized carbons (Fsp3) is 0.321. The lowest BCUT2D eigenvalue weighted by Gasteiger charge is -2.53. The molecule has 1 amide bonds. The molecule has 3 aliphatic rings. The zero-order chi connectivity index (χ0) is 27.8. The van der Waals surface area contributed by atoms with Gasteiger partial charge in [0, 0.05) is 17.1 Å². The molecule has 2 aromatic rings. The number of carbonyl (C=O) groups excluding carboxylic acids is 3. The number of nitrogens with zero attached hydrogens (tertiary/aromatic N) is 1. The third-order valence-corrected chi connectivity index (χ3v) is 8.22. The summed E-state index contributed by atoms with van der Waals surface area (Å²) in [5, 5.41) is 56.9. The second-order valence-corrected chi connectivity index (χ2v) is 10.3. The number of Topliss-reactive ketones (excluding diaryl/α,β-unsaturated/α-hetero) is 2. The quantitative estimate of drug-likeness (QED) is 0.325. The molecule has 0 saturated heterocycles. The van der Waals surface area contributed by atoms with Crippen molar-refractivity contribution in [3.8, 4) is 16.9 Å². The molecular formula is C28H28N2O8. The Labute approximate surface area is 217 Å². The van der Waals surface area contributed by atoms with Gasteiger partial charge in [0.25, 0.3) is 5.91 Å². The lowest BCUT2D eigenvalue weighted by molar-refractivity contribution is -0.162. The lowest BCUT2D eigenvalue weighted by atomic mass is 9.55. The average molecular weight is 521 g/mol. The fourth-order valence-corrected chi connectivity index (χ4v) is 6.47. The molecule has 0 aliphatic heterocycles. The molecule has 0 bridgehead atoms. The number of likely N-dealkylation sites (N-methyl/N-ethyl adjacent to an activating group) is 1. The second-order valence-electron chi connectivity index (χ2n) is 10.3. The van der Waals surface area contributed by atoms with Crippen LogP contribution in [0.1, 0.15) is 28.8 Å². The van der Waals surface area contributed by atoms with Crippen molar-refractivity contribution in [2.45, 2.75) is 30.6 Å². The highest BCUT2D eigenvalue weighted by Gasteiger charge is 2.67. The van der Waals surface area contributed by atoms with E-state index in [-0.39, 0.29) is 11.3 Å². The number of primary amides is 1. The summed E-state index contributed by atoms with van der Waals surface area (Å²) < 4.78 is 0. The molecule has 7 N–H and O–H groups in total. The monoisotopic (exact) mass is 520 g/mol. The zero-order valence-electron chi connectivity index (χ0n) is 20.9. The number of aromatic hydroxyl groups is 1. The Morgan fingerprint density at radius 3 is 2.24 bits per heavy atom. The number of rotatable bonds is 3. The summed E-state index contributed by atoms with van der Waals surface area (Å²) in [5.41, 5.74) is 2.34. The molecule has 0 saturated carbocycles. The number of phenolic OH excluding ortho intramolecular Hbond substituents is 1. The molecule has 10 nitrogen and oxygen atoms in total. The van der Waals surface area contributed by atoms with E-state index in [9.17, 15) is 39.9 Å². The van der Waals surface area contributed by atoms with E-state index in [1.54, 1.807) is 49.4 Å². The third kappa shape index (κ3) is 3.14. The van der Waals surface area contributed by atoms with Gasteiger partial charge >= 0.3 is 0 Å². The van der Waals surface area contributed by atoms with E-state index in [2.05, 4.69) is 0 Å². The highest BCUT2D eigenvalue weighted by molar-refractivity contribution is 6.25. The summed E-state index contributed by atoms with van der Waals surface area (Å²) in [5.74, 6) is -9.03. The number of aliphatic hydroxyl groups excluding tert-OH is 3. The van der Waals surface area contributed by atoms with Crippen molar-refractivity contribution in [2.75, 3.05) is 14.1 Å². The van der Waals surface area contributed by atoms with E-state index in [0.29, 0.717) is 16.7 Å². The fourth-order valence-electron chi connectivity index (χ4n) is 6.47. The summed E-state index contributed by atoms with van der Waals surface area (Å²) in [7, 11) is 2.99. The minimum atomic E-state index is -2.93. The van der Waals surface area contributed by atoms with Crippen LogP contribution in [0.15, 0.2) is 65.1 Å². The van der Waals surface area contributed by atoms with Gasteiger partial charge in [-0.3, -0.25) is 19.3 Å². The number of benzene rings is 2. The van der Waals surface area contributed by atoms with Gasteiger partial charge in [-0.25, -0.2) is 0 Å². The van der Waals surface area contributed by atoms with Gasteiger partial charge in [0.15, 0.2) is 11.4 Å². The molecule has 0 spiro atoms. The van der Waals surface area contributed by atoms with Gasteiger partial charge in [-0.2, -0.15) is 0 Å². The summed E-state index contributed by atoms with van der Waals surface area (Å²) in [6.45, 7) is 1.69. The minimum absolute atomic E-state index is 0.119. The van der Waals surface area contributed by atoms with Crippen molar-refractivity contribution in [1.82, 2.24) is 4.90 Å². The van der Waals surface area contributed by atoms with Gasteiger partial charge in [0.05, 0.1) is 23.6 Å². The van der Waals surface area contributed by atoms with E-state index >= 15 is 0 Å². The predicted molar refractivity (Wildman–Crippen MR) is 135 cm³/mol. The summed E-state index contributed by atoms with van der Waals surface area (Å²) in [4.78, 5) is 40.8. The second kappa shape index (κ2) is 8.52. The molecular weight excluding hydrogens is 492 g/mol. The van der Waals surface area contributed by atoms with Crippen molar-refractivity contribution in [2.24, 2.45) is 17.6 Å². The van der Waals surface area contributed by atoms with Crippen molar-refractivity contribution in [3.63, 3.8) is 0 Å². The average Bonchev–Trinajstić information content (AvgIpc) is 2.86. The molecule has 0 aromatic heterocycles. The van der Waals surface area contributed by atoms with Crippen molar-refractivity contribution >= 4 is 17.5 Å². The molecule has 10 heteroatoms. The summed E-state index contributed by atoms with van der Waals surface area (Å²) in [6, 6.07) is 10.9. The Hall–Kier alpha value is -3.99. The normalized spacial score (nSPS) is 30.7. The Kier molecular flexibility index (Phi) is 5.75. The Bertz CT molecular complexity index is 1460. The van der Waals surface area contributed by atoms with Crippen LogP contribution in [0.25, 0.3) is 11.1 Å². The van der Waals surface area contributed by atoms with Crippen LogP contribution in [0.2, 0.25) is 0 Å². The van der Waals surface area contributed by atoms with Crippen molar-refractivity contribution in [1.29, 1.82) is 0 Å². The van der Waals surface area contributed by atoms with E-state index in [0.717, 1.165) is 0 Å². The maximum absolute atomic E-state index is 13.9. The number of hydrogen-bond donors (Lipinski definition) is 6. The molecule has 0 fully saturated rings. The summed E-state index contributed by atoms with van der Waals surface area (Å²) >= 11 is 0. The van der Waals surface area contributed by atoms with Gasteiger partial charge in [-0.05, 0) is 31.1 Å². The molecule has 3 aliphatic carbocycles. The molecule has 0 unspecified atom stereocenters. The number of phenols is 1. The SMILES string of the molecule is C[C@@H]1c2ccc(-c3ccccc3)c(O)c2C(=O)C2=C(O)[C@]3(O)C(=O)C(C(N)=O)=C(O)[C@H](N(C)C)[C@@H]3[C@H](O)[C@H]21. The Morgan fingerprint density at radius 2 is 1.66 bits per heavy atom. The molecule has 2 aromatic carbocycles. The van der Waals surface area contributed by atoms with Gasteiger partial charge in [0.1, 0.15) is 22.8 Å². The van der Waals surface area contributed by atoms with Gasteiger partial charge in [-0.15, -0.1) is 0 Å². The topological polar surface area (TPSA) is 182 Å². The molecule has 198 valence electrons. The molecule has 38 heavy (non-hydrogen) atoms. The summed E-state index contributed by atoms with van der Waals surface area (Å²) in [6.07, 6.45) is -1.62. The van der Waals surface area contributed by atoms with Crippen LogP contribution < -0.4 is 5.73 Å². The van der Waals surface area contributed by atoms with Crippen LogP contribution in [0.5, 0.6) is 5.75 Å². The number of hydrogen-bond acceptors (Lipinski definition) is 9. The molecule has 0 radical (unpaired) electrons. The first-order chi connectivity index (χ1) is 17.8. The standard InChI is InChI=1S/C28H28N2O8/c1-11-13-9-10-14(12-7-5-4-6-8-12)21(31)16(13)22(32)17-15(11)23(33)19-20(30(2)3)24(34)18(27(29)37)26(36)28(19,38)25(17)35/h4-11,15,19-20,23,31,33-35,38H,1-3H3,(H2,29,37)/t11-,15+,19-,20-,23-,28+/m1/s1. The first-order valence-electron chi connectivity index (χ1n) is 12.1. The van der Waals surface area contributed by atoms with Crippen molar-refractivity contribution < 1.29 is 39.9 Å². The maximum atomic E-state index is 13.9. The number of fused-ring (bicyclic) bond motifs is 3. The van der Waals surface area contributed by atoms with Crippen LogP contribution in [0.3, 0.4) is 0 Å². The third-order valence-electron chi connectivity index (χ3n) is 8.22. The first-order valence-corrected chi connectivity index (χ1v) is 12.1. The maximum Gasteiger partial charge on any atom is 0.255 e. The predicted octanol–water partition coefficient (Wildman–Crippen LogP) is 1.32. The van der Waals surface area contributed by atoms with Gasteiger partial charge < -0.3 is 31.3 Å². The van der Waals surface area contributed by atoms with Gasteiger partial charge in [-0.1, -0.05) is 49.4 Å². The largest absolute Gasteiger partial charge is 0.510 e. The number of carbonyl (C=O) groups is 3. The molecule has 6 atom stereocenters. The van der Waals surface area contributed by atoms with Crippen LogP contribution in [0, 0.1) is 11.8 Å². The number of amides is 1. The van der Waals surface area contributed by atoms with Crippen LogP contribution in [-0.4, -0.2) is 79.7 Å². The smallest absolute Gasteiger partial charge is 0.255 e. The number of ketones is 2. The number of nitrogens with two attached hydrogens (primary N) is 1. The Morgan fingerprint density at radius 1 is 1.03 bits per heavy atom. The highest BCUT2D eigenvalue weighted by atomic mass is 16.4. The van der Waals surface area contributed by atoms with E-state index < -0.39 is 75.6 Å². The van der Waals surface area contributed by atoms with E-state index in [4.69, 9.17) is 5.73 Å². The van der Waals surface area contributed by atoms with Crippen LogP contribution >= 0.6 is 0 Å². The van der Waals surface area contributed by atoms with Crippen molar-refractivity contribution in [3.05, 3.63) is 76.3 Å². The Balaban J connectivity index is 1.78. The van der Waals surface area contributed by atoms with Crippen LogP contribution in [0.4, 0.5) is 0 Å². The van der Waals surface area contributed by atoms with E-state index in [1.807, 2.05) is 0 Å². The number of aliphatic hydroxyl groups is 4. The highest BCUT2D eigenvalue weighted by Crippen LogP contribution is 2.56.